The number of sulfonamides is 1. The second kappa shape index (κ2) is 5.79. The zero-order chi connectivity index (χ0) is 14.8. The van der Waals surface area contributed by atoms with E-state index >= 15 is 0 Å². The number of hydrogen-bond donors (Lipinski definition) is 2. The lowest BCUT2D eigenvalue weighted by Gasteiger charge is -2.38. The highest BCUT2D eigenvalue weighted by Crippen LogP contribution is 2.33. The van der Waals surface area contributed by atoms with Gasteiger partial charge in [-0.2, -0.15) is 0 Å². The Bertz CT molecular complexity index is 583. The minimum Gasteiger partial charge on any atom is -0.313 e. The Hall–Kier alpha value is -0.980. The first-order valence-corrected chi connectivity index (χ1v) is 8.38. The Morgan fingerprint density at radius 2 is 2.05 bits per heavy atom. The van der Waals surface area contributed by atoms with Crippen LogP contribution in [-0.2, 0) is 16.6 Å². The predicted octanol–water partition coefficient (Wildman–Crippen LogP) is 2.16. The van der Waals surface area contributed by atoms with Crippen molar-refractivity contribution in [1.29, 1.82) is 0 Å². The Kier molecular flexibility index (Phi) is 4.46. The van der Waals surface area contributed by atoms with Gasteiger partial charge in [-0.1, -0.05) is 13.0 Å². The van der Waals surface area contributed by atoms with Crippen molar-refractivity contribution in [2.75, 3.05) is 6.54 Å². The lowest BCUT2D eigenvalue weighted by atomic mass is 9.80. The Labute approximate surface area is 119 Å². The fourth-order valence-corrected chi connectivity index (χ4v) is 3.92. The van der Waals surface area contributed by atoms with Crippen LogP contribution in [0.3, 0.4) is 0 Å². The second-order valence-corrected chi connectivity index (χ2v) is 7.22. The van der Waals surface area contributed by atoms with E-state index in [1.165, 1.54) is 12.1 Å². The van der Waals surface area contributed by atoms with Crippen molar-refractivity contribution in [2.24, 2.45) is 0 Å². The SMILES string of the molecule is CCNCc1ccc(F)c(S(=O)(=O)NC2(C)CCC2)c1. The maximum Gasteiger partial charge on any atom is 0.243 e. The van der Waals surface area contributed by atoms with Crippen LogP contribution < -0.4 is 10.0 Å². The standard InChI is InChI=1S/C14H21FN2O2S/c1-3-16-10-11-5-6-12(15)13(9-11)20(18,19)17-14(2)7-4-8-14/h5-6,9,16-17H,3-4,7-8,10H2,1-2H3. The lowest BCUT2D eigenvalue weighted by Crippen LogP contribution is -2.50. The van der Waals surface area contributed by atoms with Crippen LogP contribution in [0.25, 0.3) is 0 Å². The van der Waals surface area contributed by atoms with Crippen LogP contribution in [0.2, 0.25) is 0 Å². The molecule has 0 saturated heterocycles. The molecule has 1 saturated carbocycles. The highest BCUT2D eigenvalue weighted by Gasteiger charge is 2.37. The van der Waals surface area contributed by atoms with E-state index < -0.39 is 21.4 Å². The van der Waals surface area contributed by atoms with Crippen LogP contribution in [0.4, 0.5) is 4.39 Å². The van der Waals surface area contributed by atoms with Gasteiger partial charge in [-0.15, -0.1) is 0 Å². The van der Waals surface area contributed by atoms with Crippen LogP contribution in [0.15, 0.2) is 23.1 Å². The number of rotatable bonds is 6. The third kappa shape index (κ3) is 3.37. The van der Waals surface area contributed by atoms with Crippen LogP contribution in [0.5, 0.6) is 0 Å². The quantitative estimate of drug-likeness (QED) is 0.846. The molecule has 2 N–H and O–H groups in total. The maximum atomic E-state index is 13.8. The largest absolute Gasteiger partial charge is 0.313 e. The molecule has 0 aliphatic heterocycles. The summed E-state index contributed by atoms with van der Waals surface area (Å²) >= 11 is 0. The first kappa shape index (κ1) is 15.4. The first-order valence-electron chi connectivity index (χ1n) is 6.89. The van der Waals surface area contributed by atoms with Gasteiger partial charge in [0.25, 0.3) is 0 Å². The van der Waals surface area contributed by atoms with Gasteiger partial charge < -0.3 is 5.32 Å². The minimum atomic E-state index is -3.81. The zero-order valence-corrected chi connectivity index (χ0v) is 12.7. The Morgan fingerprint density at radius 3 is 2.60 bits per heavy atom. The molecular weight excluding hydrogens is 279 g/mol. The van der Waals surface area contributed by atoms with Crippen molar-refractivity contribution in [3.8, 4) is 0 Å². The van der Waals surface area contributed by atoms with E-state index in [9.17, 15) is 12.8 Å². The van der Waals surface area contributed by atoms with Crippen molar-refractivity contribution in [3.63, 3.8) is 0 Å². The molecule has 0 spiro atoms. The first-order chi connectivity index (χ1) is 9.36. The zero-order valence-electron chi connectivity index (χ0n) is 11.9. The summed E-state index contributed by atoms with van der Waals surface area (Å²) in [5, 5.41) is 3.10. The molecule has 112 valence electrons. The van der Waals surface area contributed by atoms with E-state index in [1.807, 2.05) is 13.8 Å². The summed E-state index contributed by atoms with van der Waals surface area (Å²) in [4.78, 5) is -0.263. The van der Waals surface area contributed by atoms with E-state index in [-0.39, 0.29) is 4.90 Å². The summed E-state index contributed by atoms with van der Waals surface area (Å²) < 4.78 is 41.1. The third-order valence-electron chi connectivity index (χ3n) is 3.70. The summed E-state index contributed by atoms with van der Waals surface area (Å²) in [6.45, 7) is 5.11. The molecule has 0 aromatic heterocycles. The molecule has 0 amide bonds. The highest BCUT2D eigenvalue weighted by atomic mass is 32.2. The van der Waals surface area contributed by atoms with Gasteiger partial charge in [0.1, 0.15) is 10.7 Å². The molecule has 0 unspecified atom stereocenters. The third-order valence-corrected chi connectivity index (χ3v) is 5.36. The molecule has 1 aliphatic carbocycles. The van der Waals surface area contributed by atoms with Crippen LogP contribution >= 0.6 is 0 Å². The van der Waals surface area contributed by atoms with E-state index in [0.717, 1.165) is 31.4 Å². The van der Waals surface area contributed by atoms with Crippen LogP contribution in [0.1, 0.15) is 38.7 Å². The molecule has 0 bridgehead atoms. The summed E-state index contributed by atoms with van der Waals surface area (Å²) in [6.07, 6.45) is 2.60. The minimum absolute atomic E-state index is 0.263. The van der Waals surface area contributed by atoms with Gasteiger partial charge in [0.15, 0.2) is 0 Å². The van der Waals surface area contributed by atoms with Crippen molar-refractivity contribution >= 4 is 10.0 Å². The fourth-order valence-electron chi connectivity index (χ4n) is 2.32. The average Bonchev–Trinajstić information content (AvgIpc) is 2.35. The molecule has 0 radical (unpaired) electrons. The number of hydrogen-bond acceptors (Lipinski definition) is 3. The molecule has 2 rings (SSSR count). The molecule has 1 aromatic rings. The summed E-state index contributed by atoms with van der Waals surface area (Å²) in [5.41, 5.74) is 0.329. The summed E-state index contributed by atoms with van der Waals surface area (Å²) in [7, 11) is -3.81. The molecule has 4 nitrogen and oxygen atoms in total. The molecule has 1 fully saturated rings. The maximum absolute atomic E-state index is 13.8. The van der Waals surface area contributed by atoms with Gasteiger partial charge in [0.2, 0.25) is 10.0 Å². The van der Waals surface area contributed by atoms with E-state index in [2.05, 4.69) is 10.0 Å². The smallest absolute Gasteiger partial charge is 0.243 e. The van der Waals surface area contributed by atoms with Crippen molar-refractivity contribution < 1.29 is 12.8 Å². The molecule has 20 heavy (non-hydrogen) atoms. The lowest BCUT2D eigenvalue weighted by molar-refractivity contribution is 0.247. The number of benzene rings is 1. The normalized spacial score (nSPS) is 17.8. The van der Waals surface area contributed by atoms with Gasteiger partial charge in [0, 0.05) is 12.1 Å². The van der Waals surface area contributed by atoms with E-state index in [4.69, 9.17) is 0 Å². The van der Waals surface area contributed by atoms with Gasteiger partial charge in [-0.05, 0) is 50.4 Å². The number of nitrogens with one attached hydrogen (secondary N) is 2. The molecule has 0 atom stereocenters. The van der Waals surface area contributed by atoms with Gasteiger partial charge in [-0.3, -0.25) is 0 Å². The molecule has 1 aromatic carbocycles. The summed E-state index contributed by atoms with van der Waals surface area (Å²) in [6, 6.07) is 4.22. The van der Waals surface area contributed by atoms with Crippen LogP contribution in [-0.4, -0.2) is 20.5 Å². The number of halogens is 1. The summed E-state index contributed by atoms with van der Waals surface area (Å²) in [5.74, 6) is -0.708. The Balaban J connectivity index is 2.25. The Morgan fingerprint density at radius 1 is 1.35 bits per heavy atom. The molecular formula is C14H21FN2O2S. The molecule has 0 heterocycles. The van der Waals surface area contributed by atoms with Gasteiger partial charge >= 0.3 is 0 Å². The van der Waals surface area contributed by atoms with E-state index in [1.54, 1.807) is 6.07 Å². The van der Waals surface area contributed by atoms with Crippen molar-refractivity contribution in [3.05, 3.63) is 29.6 Å². The predicted molar refractivity (Wildman–Crippen MR) is 76.4 cm³/mol. The highest BCUT2D eigenvalue weighted by molar-refractivity contribution is 7.89. The van der Waals surface area contributed by atoms with Crippen molar-refractivity contribution in [2.45, 2.75) is 50.1 Å². The fraction of sp³-hybridized carbons (Fsp3) is 0.571. The monoisotopic (exact) mass is 300 g/mol. The van der Waals surface area contributed by atoms with Gasteiger partial charge in [0.05, 0.1) is 0 Å². The van der Waals surface area contributed by atoms with Crippen molar-refractivity contribution in [1.82, 2.24) is 10.0 Å². The van der Waals surface area contributed by atoms with E-state index in [0.29, 0.717) is 6.54 Å². The van der Waals surface area contributed by atoms with Crippen LogP contribution in [0, 0.1) is 5.82 Å². The average molecular weight is 300 g/mol. The van der Waals surface area contributed by atoms with Gasteiger partial charge in [-0.25, -0.2) is 17.5 Å². The topological polar surface area (TPSA) is 58.2 Å². The molecule has 6 heteroatoms. The molecule has 1 aliphatic rings. The second-order valence-electron chi connectivity index (χ2n) is 5.56.